The molecule has 0 spiro atoms. The summed E-state index contributed by atoms with van der Waals surface area (Å²) in [5.74, 6) is -1.04. The van der Waals surface area contributed by atoms with Gasteiger partial charge in [-0.05, 0) is 55.3 Å². The van der Waals surface area contributed by atoms with Crippen LogP contribution in [0.15, 0.2) is 59.5 Å². The van der Waals surface area contributed by atoms with Gasteiger partial charge < -0.3 is 18.8 Å². The minimum Gasteiger partial charge on any atom is -0.497 e. The fourth-order valence-electron chi connectivity index (χ4n) is 4.08. The van der Waals surface area contributed by atoms with Gasteiger partial charge in [-0.25, -0.2) is 9.18 Å². The summed E-state index contributed by atoms with van der Waals surface area (Å²) in [6.45, 7) is 3.68. The van der Waals surface area contributed by atoms with Gasteiger partial charge in [-0.3, -0.25) is 9.59 Å². The van der Waals surface area contributed by atoms with Crippen LogP contribution in [0, 0.1) is 5.82 Å². The Bertz CT molecular complexity index is 1510. The molecule has 4 rings (SSSR count). The van der Waals surface area contributed by atoms with E-state index in [2.05, 4.69) is 0 Å². The lowest BCUT2D eigenvalue weighted by Crippen LogP contribution is -2.22. The van der Waals surface area contributed by atoms with Gasteiger partial charge in [-0.1, -0.05) is 18.2 Å². The average molecular weight is 524 g/mol. The molecule has 37 heavy (non-hydrogen) atoms. The second kappa shape index (κ2) is 11.4. The number of benzene rings is 2. The highest BCUT2D eigenvalue weighted by atomic mass is 32.1. The normalized spacial score (nSPS) is 10.9. The number of hydrogen-bond acceptors (Lipinski definition) is 7. The van der Waals surface area contributed by atoms with Gasteiger partial charge in [-0.15, -0.1) is 11.3 Å². The Labute approximate surface area is 217 Å². The molecule has 2 aromatic carbocycles. The lowest BCUT2D eigenvalue weighted by atomic mass is 10.0. The Kier molecular flexibility index (Phi) is 8.03. The van der Waals surface area contributed by atoms with Crippen molar-refractivity contribution in [1.29, 1.82) is 0 Å². The van der Waals surface area contributed by atoms with E-state index in [1.165, 1.54) is 23.6 Å². The Morgan fingerprint density at radius 3 is 2.35 bits per heavy atom. The van der Waals surface area contributed by atoms with Crippen LogP contribution in [0.1, 0.15) is 35.3 Å². The highest BCUT2D eigenvalue weighted by Gasteiger charge is 2.26. The van der Waals surface area contributed by atoms with Crippen LogP contribution < -0.4 is 10.2 Å². The zero-order valence-electron chi connectivity index (χ0n) is 20.7. The third-order valence-corrected chi connectivity index (χ3v) is 7.10. The summed E-state index contributed by atoms with van der Waals surface area (Å²) >= 11 is 1.29. The van der Waals surface area contributed by atoms with Crippen molar-refractivity contribution in [2.45, 2.75) is 26.8 Å². The molecule has 2 aromatic heterocycles. The number of rotatable bonds is 9. The third kappa shape index (κ3) is 5.41. The molecule has 0 atom stereocenters. The number of pyridine rings is 1. The number of hydrogen-bond donors (Lipinski definition) is 0. The maximum absolute atomic E-state index is 14.6. The highest BCUT2D eigenvalue weighted by Crippen LogP contribution is 2.39. The Hall–Kier alpha value is -3.98. The molecule has 0 saturated heterocycles. The molecule has 4 aromatic rings. The standard InChI is InChI=1S/C28H26FNO6S/c1-4-35-23(31)14-20-24-25(32)21(28(33)36-5-2)16-30(15-18-8-6-7-9-22(18)29)27(24)37-26(20)17-10-12-19(34-3)13-11-17/h6-13,16H,4-5,14-15H2,1-3H3. The SMILES string of the molecule is CCOC(=O)Cc1c(-c2ccc(OC)cc2)sc2c1c(=O)c(C(=O)OCC)cn2Cc1ccccc1F. The van der Waals surface area contributed by atoms with E-state index in [1.54, 1.807) is 55.9 Å². The number of esters is 2. The second-order valence-electron chi connectivity index (χ2n) is 8.11. The zero-order valence-corrected chi connectivity index (χ0v) is 21.5. The maximum Gasteiger partial charge on any atom is 0.343 e. The van der Waals surface area contributed by atoms with Crippen LogP contribution in [0.2, 0.25) is 0 Å². The van der Waals surface area contributed by atoms with Crippen molar-refractivity contribution >= 4 is 33.5 Å². The third-order valence-electron chi connectivity index (χ3n) is 5.78. The molecular weight excluding hydrogens is 497 g/mol. The summed E-state index contributed by atoms with van der Waals surface area (Å²) in [4.78, 5) is 40.2. The molecule has 2 heterocycles. The molecule has 0 aliphatic rings. The Morgan fingerprint density at radius 1 is 1.00 bits per heavy atom. The van der Waals surface area contributed by atoms with E-state index >= 15 is 0 Å². The van der Waals surface area contributed by atoms with Gasteiger partial charge in [0.25, 0.3) is 0 Å². The summed E-state index contributed by atoms with van der Waals surface area (Å²) in [5.41, 5.74) is 0.856. The van der Waals surface area contributed by atoms with Gasteiger partial charge in [0.2, 0.25) is 5.43 Å². The topological polar surface area (TPSA) is 83.8 Å². The first-order chi connectivity index (χ1) is 17.9. The largest absolute Gasteiger partial charge is 0.497 e. The second-order valence-corrected chi connectivity index (χ2v) is 9.11. The number of thiophene rings is 1. The van der Waals surface area contributed by atoms with Crippen molar-refractivity contribution in [3.63, 3.8) is 0 Å². The molecule has 192 valence electrons. The molecule has 0 bridgehead atoms. The lowest BCUT2D eigenvalue weighted by molar-refractivity contribution is -0.142. The summed E-state index contributed by atoms with van der Waals surface area (Å²) in [6.07, 6.45) is 1.23. The lowest BCUT2D eigenvalue weighted by Gasteiger charge is -2.12. The number of aromatic nitrogens is 1. The van der Waals surface area contributed by atoms with E-state index in [1.807, 2.05) is 12.1 Å². The van der Waals surface area contributed by atoms with Crippen molar-refractivity contribution in [3.05, 3.63) is 87.5 Å². The van der Waals surface area contributed by atoms with E-state index < -0.39 is 23.2 Å². The fraction of sp³-hybridized carbons (Fsp3) is 0.250. The van der Waals surface area contributed by atoms with Gasteiger partial charge in [0.15, 0.2) is 0 Å². The van der Waals surface area contributed by atoms with Crippen molar-refractivity contribution in [1.82, 2.24) is 4.57 Å². The van der Waals surface area contributed by atoms with Gasteiger partial charge >= 0.3 is 11.9 Å². The first kappa shape index (κ1) is 26.1. The molecule has 0 saturated carbocycles. The molecule has 0 radical (unpaired) electrons. The van der Waals surface area contributed by atoms with Crippen LogP contribution in [0.25, 0.3) is 20.7 Å². The van der Waals surface area contributed by atoms with Crippen molar-refractivity contribution in [2.75, 3.05) is 20.3 Å². The van der Waals surface area contributed by atoms with Crippen LogP contribution >= 0.6 is 11.3 Å². The van der Waals surface area contributed by atoms with Gasteiger partial charge in [0.05, 0.1) is 38.7 Å². The summed E-state index contributed by atoms with van der Waals surface area (Å²) in [7, 11) is 1.56. The van der Waals surface area contributed by atoms with Gasteiger partial charge in [-0.2, -0.15) is 0 Å². The van der Waals surface area contributed by atoms with Gasteiger partial charge in [0, 0.05) is 16.6 Å². The van der Waals surface area contributed by atoms with Crippen LogP contribution in [-0.2, 0) is 27.2 Å². The monoisotopic (exact) mass is 523 g/mol. The number of fused-ring (bicyclic) bond motifs is 1. The average Bonchev–Trinajstić information content (AvgIpc) is 3.27. The summed E-state index contributed by atoms with van der Waals surface area (Å²) < 4.78 is 31.8. The quantitative estimate of drug-likeness (QED) is 0.280. The Morgan fingerprint density at radius 2 is 1.70 bits per heavy atom. The van der Waals surface area contributed by atoms with E-state index in [4.69, 9.17) is 14.2 Å². The summed E-state index contributed by atoms with van der Waals surface area (Å²) in [5, 5.41) is 0.214. The first-order valence-corrected chi connectivity index (χ1v) is 12.6. The van der Waals surface area contributed by atoms with Gasteiger partial charge in [0.1, 0.15) is 22.0 Å². The number of carbonyl (C=O) groups excluding carboxylic acids is 2. The molecule has 0 amide bonds. The van der Waals surface area contributed by atoms with Crippen LogP contribution in [-0.4, -0.2) is 36.8 Å². The molecule has 0 N–H and O–H groups in total. The van der Waals surface area contributed by atoms with E-state index in [-0.39, 0.29) is 37.1 Å². The van der Waals surface area contributed by atoms with Crippen molar-refractivity contribution in [3.8, 4) is 16.2 Å². The minimum absolute atomic E-state index is 0.0667. The zero-order chi connectivity index (χ0) is 26.5. The molecule has 0 fully saturated rings. The number of carbonyl (C=O) groups is 2. The first-order valence-electron chi connectivity index (χ1n) is 11.8. The van der Waals surface area contributed by atoms with Crippen LogP contribution in [0.5, 0.6) is 5.75 Å². The van der Waals surface area contributed by atoms with Crippen molar-refractivity contribution in [2.24, 2.45) is 0 Å². The van der Waals surface area contributed by atoms with Crippen LogP contribution in [0.3, 0.4) is 0 Å². The molecule has 7 nitrogen and oxygen atoms in total. The predicted molar refractivity (Wildman–Crippen MR) is 140 cm³/mol. The molecule has 9 heteroatoms. The highest BCUT2D eigenvalue weighted by molar-refractivity contribution is 7.22. The van der Waals surface area contributed by atoms with E-state index in [9.17, 15) is 18.8 Å². The molecular formula is C28H26FNO6S. The smallest absolute Gasteiger partial charge is 0.343 e. The molecule has 0 aliphatic carbocycles. The number of ether oxygens (including phenoxy) is 3. The predicted octanol–water partition coefficient (Wildman–Crippen LogP) is 5.21. The number of methoxy groups -OCH3 is 1. The summed E-state index contributed by atoms with van der Waals surface area (Å²) in [6, 6.07) is 13.5. The molecule has 0 unspecified atom stereocenters. The molecule has 0 aliphatic heterocycles. The number of nitrogens with zero attached hydrogens (tertiary/aromatic N) is 1. The fourth-order valence-corrected chi connectivity index (χ4v) is 5.38. The van der Waals surface area contributed by atoms with Crippen LogP contribution in [0.4, 0.5) is 4.39 Å². The van der Waals surface area contributed by atoms with E-state index in [0.29, 0.717) is 26.6 Å². The minimum atomic E-state index is -0.782. The van der Waals surface area contributed by atoms with Crippen molar-refractivity contribution < 1.29 is 28.2 Å². The maximum atomic E-state index is 14.6. The van der Waals surface area contributed by atoms with E-state index in [0.717, 1.165) is 5.56 Å². The Balaban J connectivity index is 2.02. The number of halogens is 1.